The van der Waals surface area contributed by atoms with Crippen molar-refractivity contribution in [2.45, 2.75) is 6.92 Å². The fourth-order valence-electron chi connectivity index (χ4n) is 0.968. The highest BCUT2D eigenvalue weighted by molar-refractivity contribution is 5.93. The number of amides is 1. The molecule has 1 heterocycles. The maximum absolute atomic E-state index is 11.3. The van der Waals surface area contributed by atoms with Gasteiger partial charge in [0.25, 0.3) is 5.91 Å². The van der Waals surface area contributed by atoms with Crippen molar-refractivity contribution in [3.05, 3.63) is 29.6 Å². The Balaban J connectivity index is 2.92. The molecule has 1 amide bonds. The number of carbonyl (C=O) groups is 2. The number of primary amides is 1. The van der Waals surface area contributed by atoms with Crippen LogP contribution in [0.25, 0.3) is 0 Å². The van der Waals surface area contributed by atoms with E-state index < -0.39 is 11.9 Å². The van der Waals surface area contributed by atoms with Crippen LogP contribution in [0.1, 0.15) is 22.8 Å². The van der Waals surface area contributed by atoms with E-state index in [-0.39, 0.29) is 12.2 Å². The minimum atomic E-state index is -0.735. The third kappa shape index (κ3) is 3.42. The van der Waals surface area contributed by atoms with Gasteiger partial charge in [-0.15, -0.1) is 0 Å². The number of nitrogens with zero attached hydrogens (tertiary/aromatic N) is 1. The van der Waals surface area contributed by atoms with Crippen LogP contribution in [0.5, 0.6) is 0 Å². The number of nitrogens with two attached hydrogens (primary N) is 1. The van der Waals surface area contributed by atoms with Gasteiger partial charge in [-0.25, -0.2) is 4.79 Å². The third-order valence-electron chi connectivity index (χ3n) is 1.58. The fourth-order valence-corrected chi connectivity index (χ4v) is 0.968. The first-order chi connectivity index (χ1) is 7.63. The zero-order valence-electron chi connectivity index (χ0n) is 8.69. The molecule has 0 aliphatic rings. The first-order valence-corrected chi connectivity index (χ1v) is 4.57. The molecule has 5 heteroatoms. The normalized spacial score (nSPS) is 8.81. The molecule has 0 radical (unpaired) electrons. The van der Waals surface area contributed by atoms with Crippen LogP contribution in [0.2, 0.25) is 0 Å². The number of esters is 1. The van der Waals surface area contributed by atoms with Crippen molar-refractivity contribution in [1.82, 2.24) is 4.98 Å². The highest BCUT2D eigenvalue weighted by Crippen LogP contribution is 2.03. The summed E-state index contributed by atoms with van der Waals surface area (Å²) >= 11 is 0. The topological polar surface area (TPSA) is 82.3 Å². The Morgan fingerprint density at radius 3 is 2.88 bits per heavy atom. The van der Waals surface area contributed by atoms with Gasteiger partial charge in [-0.05, 0) is 13.0 Å². The zero-order valence-corrected chi connectivity index (χ0v) is 8.69. The number of aromatic nitrogens is 1. The van der Waals surface area contributed by atoms with Crippen molar-refractivity contribution in [3.63, 3.8) is 0 Å². The molecule has 16 heavy (non-hydrogen) atoms. The summed E-state index contributed by atoms with van der Waals surface area (Å²) in [5, 5.41) is 0. The number of hydrogen-bond acceptors (Lipinski definition) is 4. The molecular weight excluding hydrogens is 208 g/mol. The molecule has 1 aromatic rings. The van der Waals surface area contributed by atoms with Crippen LogP contribution in [0.15, 0.2) is 18.5 Å². The minimum absolute atomic E-state index is 0.288. The van der Waals surface area contributed by atoms with Crippen molar-refractivity contribution in [2.24, 2.45) is 5.73 Å². The van der Waals surface area contributed by atoms with Crippen LogP contribution in [0, 0.1) is 11.8 Å². The van der Waals surface area contributed by atoms with Crippen LogP contribution in [0.4, 0.5) is 0 Å². The Morgan fingerprint density at radius 2 is 2.25 bits per heavy atom. The molecule has 0 aliphatic carbocycles. The molecule has 0 fully saturated rings. The van der Waals surface area contributed by atoms with Crippen molar-refractivity contribution in [3.8, 4) is 11.8 Å². The lowest BCUT2D eigenvalue weighted by Crippen LogP contribution is -2.07. The van der Waals surface area contributed by atoms with Gasteiger partial charge in [0.2, 0.25) is 0 Å². The quantitative estimate of drug-likeness (QED) is 0.563. The van der Waals surface area contributed by atoms with Gasteiger partial charge in [-0.2, -0.15) is 0 Å². The molecule has 5 nitrogen and oxygen atoms in total. The van der Waals surface area contributed by atoms with Crippen LogP contribution in [0.3, 0.4) is 0 Å². The Kier molecular flexibility index (Phi) is 4.04. The van der Waals surface area contributed by atoms with Crippen LogP contribution >= 0.6 is 0 Å². The van der Waals surface area contributed by atoms with E-state index in [9.17, 15) is 9.59 Å². The predicted octanol–water partition coefficient (Wildman–Crippen LogP) is 0.0951. The second-order valence-electron chi connectivity index (χ2n) is 2.80. The summed E-state index contributed by atoms with van der Waals surface area (Å²) in [6, 6.07) is 1.49. The molecule has 0 saturated carbocycles. The molecule has 0 unspecified atom stereocenters. The van der Waals surface area contributed by atoms with E-state index in [0.29, 0.717) is 5.56 Å². The first kappa shape index (κ1) is 11.7. The summed E-state index contributed by atoms with van der Waals surface area (Å²) in [6.07, 6.45) is 2.80. The molecule has 0 atom stereocenters. The first-order valence-electron chi connectivity index (χ1n) is 4.57. The van der Waals surface area contributed by atoms with E-state index in [1.165, 1.54) is 18.5 Å². The van der Waals surface area contributed by atoms with Crippen LogP contribution in [-0.4, -0.2) is 23.5 Å². The predicted molar refractivity (Wildman–Crippen MR) is 56.3 cm³/mol. The molecule has 2 N–H and O–H groups in total. The van der Waals surface area contributed by atoms with E-state index in [0.717, 1.165) is 0 Å². The Morgan fingerprint density at radius 1 is 1.50 bits per heavy atom. The van der Waals surface area contributed by atoms with Gasteiger partial charge in [0.05, 0.1) is 12.2 Å². The van der Waals surface area contributed by atoms with E-state index >= 15 is 0 Å². The summed E-state index contributed by atoms with van der Waals surface area (Å²) in [6.45, 7) is 2.00. The average molecular weight is 218 g/mol. The number of rotatable bonds is 2. The van der Waals surface area contributed by atoms with E-state index in [1.807, 2.05) is 0 Å². The van der Waals surface area contributed by atoms with Crippen LogP contribution < -0.4 is 5.73 Å². The maximum Gasteiger partial charge on any atom is 0.339 e. The molecule has 0 bridgehead atoms. The lowest BCUT2D eigenvalue weighted by Gasteiger charge is -2.00. The van der Waals surface area contributed by atoms with E-state index in [4.69, 9.17) is 10.5 Å². The van der Waals surface area contributed by atoms with E-state index in [1.54, 1.807) is 6.92 Å². The Bertz CT molecular complexity index is 472. The van der Waals surface area contributed by atoms with Gasteiger partial charge >= 0.3 is 5.97 Å². The second kappa shape index (κ2) is 5.51. The Labute approximate surface area is 92.6 Å². The molecule has 0 spiro atoms. The molecular formula is C11H10N2O3. The molecule has 0 aliphatic heterocycles. The summed E-state index contributed by atoms with van der Waals surface area (Å²) < 4.78 is 4.79. The van der Waals surface area contributed by atoms with Gasteiger partial charge in [0, 0.05) is 23.9 Å². The number of hydrogen-bond donors (Lipinski definition) is 1. The highest BCUT2D eigenvalue weighted by atomic mass is 16.5. The van der Waals surface area contributed by atoms with Gasteiger partial charge in [-0.3, -0.25) is 9.78 Å². The average Bonchev–Trinajstić information content (AvgIpc) is 2.27. The van der Waals surface area contributed by atoms with Crippen molar-refractivity contribution >= 4 is 11.9 Å². The largest absolute Gasteiger partial charge is 0.462 e. The van der Waals surface area contributed by atoms with Gasteiger partial charge in [0.15, 0.2) is 0 Å². The standard InChI is InChI=1S/C11H10N2O3/c1-2-16-11(15)9-5-8(6-13-7-9)3-4-10(12)14/h5-7H,2H2,1H3,(H2,12,14). The van der Waals surface area contributed by atoms with Crippen molar-refractivity contribution in [2.75, 3.05) is 6.61 Å². The number of pyridine rings is 1. The van der Waals surface area contributed by atoms with Crippen molar-refractivity contribution in [1.29, 1.82) is 0 Å². The molecule has 1 aromatic heterocycles. The number of carbonyl (C=O) groups excluding carboxylic acids is 2. The third-order valence-corrected chi connectivity index (χ3v) is 1.58. The molecule has 82 valence electrons. The van der Waals surface area contributed by atoms with Gasteiger partial charge in [0.1, 0.15) is 0 Å². The summed E-state index contributed by atoms with van der Waals surface area (Å²) in [5.41, 5.74) is 5.59. The monoisotopic (exact) mass is 218 g/mol. The molecule has 0 saturated heterocycles. The smallest absolute Gasteiger partial charge is 0.339 e. The second-order valence-corrected chi connectivity index (χ2v) is 2.80. The number of ether oxygens (including phenoxy) is 1. The lowest BCUT2D eigenvalue weighted by atomic mass is 10.2. The Hall–Kier alpha value is -2.35. The van der Waals surface area contributed by atoms with Crippen molar-refractivity contribution < 1.29 is 14.3 Å². The van der Waals surface area contributed by atoms with E-state index in [2.05, 4.69) is 16.8 Å². The highest BCUT2D eigenvalue weighted by Gasteiger charge is 2.06. The zero-order chi connectivity index (χ0) is 12.0. The molecule has 0 aromatic carbocycles. The maximum atomic E-state index is 11.3. The lowest BCUT2D eigenvalue weighted by molar-refractivity contribution is -0.112. The van der Waals surface area contributed by atoms with Gasteiger partial charge in [-0.1, -0.05) is 5.92 Å². The minimum Gasteiger partial charge on any atom is -0.462 e. The summed E-state index contributed by atoms with van der Waals surface area (Å²) in [7, 11) is 0. The molecule has 1 rings (SSSR count). The summed E-state index contributed by atoms with van der Waals surface area (Å²) in [5.74, 6) is 3.43. The summed E-state index contributed by atoms with van der Waals surface area (Å²) in [4.78, 5) is 25.6. The van der Waals surface area contributed by atoms with Crippen LogP contribution in [-0.2, 0) is 9.53 Å². The SMILES string of the molecule is CCOC(=O)c1cncc(C#CC(N)=O)c1. The van der Waals surface area contributed by atoms with Gasteiger partial charge < -0.3 is 10.5 Å². The fraction of sp³-hybridized carbons (Fsp3) is 0.182.